The number of carbonyl (C=O) groups is 2. The summed E-state index contributed by atoms with van der Waals surface area (Å²) in [4.78, 5) is 23.9. The van der Waals surface area contributed by atoms with Crippen molar-refractivity contribution < 1.29 is 9.59 Å². The van der Waals surface area contributed by atoms with Crippen LogP contribution in [0.2, 0.25) is 0 Å². The molecule has 0 aromatic heterocycles. The lowest BCUT2D eigenvalue weighted by Gasteiger charge is -2.06. The van der Waals surface area contributed by atoms with Gasteiger partial charge in [-0.2, -0.15) is 0 Å². The van der Waals surface area contributed by atoms with Crippen LogP contribution in [0.15, 0.2) is 97.1 Å². The summed E-state index contributed by atoms with van der Waals surface area (Å²) in [6.45, 7) is 0. The molecule has 4 aromatic rings. The van der Waals surface area contributed by atoms with Crippen molar-refractivity contribution in [1.29, 1.82) is 0 Å². The van der Waals surface area contributed by atoms with Crippen molar-refractivity contribution in [2.24, 2.45) is 0 Å². The molecule has 0 spiro atoms. The Hall–Kier alpha value is -4.00. The van der Waals surface area contributed by atoms with E-state index in [0.29, 0.717) is 45.6 Å². The van der Waals surface area contributed by atoms with Gasteiger partial charge in [-0.3, -0.25) is 9.59 Å². The highest BCUT2D eigenvalue weighted by Crippen LogP contribution is 2.15. The van der Waals surface area contributed by atoms with Gasteiger partial charge in [0.25, 0.3) is 11.8 Å². The first-order valence-corrected chi connectivity index (χ1v) is 12.1. The van der Waals surface area contributed by atoms with Crippen LogP contribution in [-0.2, 0) is 11.8 Å². The summed E-state index contributed by atoms with van der Waals surface area (Å²) in [5.41, 5.74) is 17.0. The maximum absolute atomic E-state index is 11.9. The van der Waals surface area contributed by atoms with E-state index in [4.69, 9.17) is 34.7 Å². The second-order valence-electron chi connectivity index (χ2n) is 7.82. The van der Waals surface area contributed by atoms with Crippen molar-refractivity contribution in [3.05, 3.63) is 119 Å². The molecule has 6 N–H and O–H groups in total. The third-order valence-electron chi connectivity index (χ3n) is 5.03. The lowest BCUT2D eigenvalue weighted by atomic mass is 10.1. The van der Waals surface area contributed by atoms with Crippen molar-refractivity contribution in [2.75, 3.05) is 22.1 Å². The molecule has 0 saturated heterocycles. The maximum Gasteiger partial charge on any atom is 0.255 e. The summed E-state index contributed by atoms with van der Waals surface area (Å²) < 4.78 is 0. The zero-order valence-electron chi connectivity index (χ0n) is 19.4. The minimum atomic E-state index is -0.165. The van der Waals surface area contributed by atoms with Crippen molar-refractivity contribution in [3.63, 3.8) is 0 Å². The molecule has 0 unspecified atom stereocenters. The molecule has 184 valence electrons. The second-order valence-corrected chi connectivity index (χ2v) is 8.35. The highest BCUT2D eigenvalue weighted by Gasteiger charge is 2.07. The Balaban J connectivity index is 0.000000201. The summed E-state index contributed by atoms with van der Waals surface area (Å²) in [5, 5.41) is 5.57. The maximum atomic E-state index is 11.9. The molecule has 0 radical (unpaired) electrons. The van der Waals surface area contributed by atoms with Crippen LogP contribution in [0.1, 0.15) is 31.8 Å². The van der Waals surface area contributed by atoms with Gasteiger partial charge >= 0.3 is 0 Å². The lowest BCUT2D eigenvalue weighted by Crippen LogP contribution is -2.11. The Morgan fingerprint density at radius 2 is 0.944 bits per heavy atom. The molecule has 0 atom stereocenters. The predicted octanol–water partition coefficient (Wildman–Crippen LogP) is 6.52. The van der Waals surface area contributed by atoms with E-state index in [0.717, 1.165) is 11.1 Å². The summed E-state index contributed by atoms with van der Waals surface area (Å²) in [6.07, 6.45) is 0. The summed E-state index contributed by atoms with van der Waals surface area (Å²) in [6, 6.07) is 28.5. The van der Waals surface area contributed by atoms with Gasteiger partial charge in [0.2, 0.25) is 0 Å². The van der Waals surface area contributed by atoms with Crippen LogP contribution in [0, 0.1) is 0 Å². The van der Waals surface area contributed by atoms with E-state index < -0.39 is 0 Å². The van der Waals surface area contributed by atoms with Crippen LogP contribution in [0.3, 0.4) is 0 Å². The summed E-state index contributed by atoms with van der Waals surface area (Å²) >= 11 is 11.4. The third-order valence-corrected chi connectivity index (χ3v) is 5.65. The Labute approximate surface area is 220 Å². The molecule has 0 bridgehead atoms. The fourth-order valence-electron chi connectivity index (χ4n) is 3.13. The molecular weight excluding hydrogens is 495 g/mol. The smallest absolute Gasteiger partial charge is 0.255 e. The van der Waals surface area contributed by atoms with Crippen LogP contribution in [0.5, 0.6) is 0 Å². The first kappa shape index (κ1) is 26.6. The van der Waals surface area contributed by atoms with Gasteiger partial charge in [-0.1, -0.05) is 36.4 Å². The van der Waals surface area contributed by atoms with E-state index >= 15 is 0 Å². The van der Waals surface area contributed by atoms with Crippen LogP contribution in [0.25, 0.3) is 0 Å². The van der Waals surface area contributed by atoms with Gasteiger partial charge in [0.15, 0.2) is 0 Å². The fraction of sp³-hybridized carbons (Fsp3) is 0.0714. The van der Waals surface area contributed by atoms with Gasteiger partial charge in [0.05, 0.1) is 0 Å². The minimum Gasteiger partial charge on any atom is -0.399 e. The number of alkyl halides is 2. The van der Waals surface area contributed by atoms with Gasteiger partial charge < -0.3 is 22.1 Å². The van der Waals surface area contributed by atoms with Crippen molar-refractivity contribution >= 4 is 57.8 Å². The number of anilines is 4. The average molecular weight is 521 g/mol. The molecule has 0 aliphatic carbocycles. The van der Waals surface area contributed by atoms with Crippen LogP contribution in [0.4, 0.5) is 22.7 Å². The van der Waals surface area contributed by atoms with E-state index in [1.54, 1.807) is 72.8 Å². The van der Waals surface area contributed by atoms with Crippen LogP contribution < -0.4 is 22.1 Å². The molecule has 0 aliphatic rings. The number of carbonyl (C=O) groups excluding carboxylic acids is 2. The number of benzene rings is 4. The predicted molar refractivity (Wildman–Crippen MR) is 150 cm³/mol. The quantitative estimate of drug-likeness (QED) is 0.171. The average Bonchev–Trinajstić information content (AvgIpc) is 2.89. The molecule has 6 nitrogen and oxygen atoms in total. The van der Waals surface area contributed by atoms with Gasteiger partial charge in [0, 0.05) is 45.6 Å². The Kier molecular flexibility index (Phi) is 9.74. The SMILES string of the molecule is Nc1cccc(NC(=O)c2ccc(CCl)cc2)c1.Nc1cccc(NC(=O)c2ccc(CCl)cc2)c1. The van der Waals surface area contributed by atoms with Gasteiger partial charge in [0.1, 0.15) is 0 Å². The van der Waals surface area contributed by atoms with Crippen molar-refractivity contribution in [2.45, 2.75) is 11.8 Å². The topological polar surface area (TPSA) is 110 Å². The summed E-state index contributed by atoms with van der Waals surface area (Å²) in [5.74, 6) is 0.553. The van der Waals surface area contributed by atoms with Crippen LogP contribution >= 0.6 is 23.2 Å². The minimum absolute atomic E-state index is 0.165. The number of hydrogen-bond donors (Lipinski definition) is 4. The first-order valence-electron chi connectivity index (χ1n) is 11.0. The van der Waals surface area contributed by atoms with E-state index in [2.05, 4.69) is 10.6 Å². The summed E-state index contributed by atoms with van der Waals surface area (Å²) in [7, 11) is 0. The first-order chi connectivity index (χ1) is 17.4. The van der Waals surface area contributed by atoms with E-state index in [9.17, 15) is 9.59 Å². The molecular formula is C28H26Cl2N4O2. The number of nitrogens with one attached hydrogen (secondary N) is 2. The molecule has 36 heavy (non-hydrogen) atoms. The van der Waals surface area contributed by atoms with Crippen LogP contribution in [-0.4, -0.2) is 11.8 Å². The molecule has 2 amide bonds. The number of rotatable bonds is 6. The number of halogens is 2. The highest BCUT2D eigenvalue weighted by molar-refractivity contribution is 6.17. The molecule has 4 aromatic carbocycles. The fourth-order valence-corrected chi connectivity index (χ4v) is 3.49. The number of nitrogens with two attached hydrogens (primary N) is 2. The van der Waals surface area contributed by atoms with Crippen molar-refractivity contribution in [3.8, 4) is 0 Å². The Bertz CT molecular complexity index is 1210. The normalized spacial score (nSPS) is 10.1. The van der Waals surface area contributed by atoms with E-state index in [1.165, 1.54) is 0 Å². The number of nitrogen functional groups attached to an aromatic ring is 2. The Morgan fingerprint density at radius 1 is 0.583 bits per heavy atom. The highest BCUT2D eigenvalue weighted by atomic mass is 35.5. The zero-order chi connectivity index (χ0) is 25.9. The lowest BCUT2D eigenvalue weighted by molar-refractivity contribution is 0.101. The van der Waals surface area contributed by atoms with Gasteiger partial charge in [-0.25, -0.2) is 0 Å². The molecule has 0 aliphatic heterocycles. The number of amides is 2. The van der Waals surface area contributed by atoms with Gasteiger partial charge in [-0.15, -0.1) is 23.2 Å². The molecule has 4 rings (SSSR count). The standard InChI is InChI=1S/2C14H13ClN2O/c2*15-9-10-4-6-11(7-5-10)14(18)17-13-3-1-2-12(16)8-13/h2*1-8H,9,16H2,(H,17,18). The van der Waals surface area contributed by atoms with Gasteiger partial charge in [-0.05, 0) is 71.8 Å². The number of hydrogen-bond acceptors (Lipinski definition) is 4. The van der Waals surface area contributed by atoms with E-state index in [-0.39, 0.29) is 11.8 Å². The molecule has 0 fully saturated rings. The third kappa shape index (κ3) is 8.05. The van der Waals surface area contributed by atoms with E-state index in [1.807, 2.05) is 24.3 Å². The Morgan fingerprint density at radius 3 is 1.25 bits per heavy atom. The van der Waals surface area contributed by atoms with Crippen molar-refractivity contribution in [1.82, 2.24) is 0 Å². The molecule has 0 saturated carbocycles. The largest absolute Gasteiger partial charge is 0.399 e. The second kappa shape index (κ2) is 13.2. The molecule has 0 heterocycles. The monoisotopic (exact) mass is 520 g/mol. The zero-order valence-corrected chi connectivity index (χ0v) is 20.9. The molecule has 8 heteroatoms.